The van der Waals surface area contributed by atoms with Gasteiger partial charge in [0.15, 0.2) is 5.78 Å². The van der Waals surface area contributed by atoms with Crippen LogP contribution >= 0.6 is 0 Å². The normalized spacial score (nSPS) is 12.4. The van der Waals surface area contributed by atoms with Gasteiger partial charge in [0.05, 0.1) is 6.04 Å². The zero-order chi connectivity index (χ0) is 13.5. The van der Waals surface area contributed by atoms with E-state index in [1.54, 1.807) is 26.8 Å². The maximum absolute atomic E-state index is 11.5. The van der Waals surface area contributed by atoms with Gasteiger partial charge in [-0.05, 0) is 39.7 Å². The van der Waals surface area contributed by atoms with Crippen molar-refractivity contribution >= 4 is 11.9 Å². The van der Waals surface area contributed by atoms with Gasteiger partial charge >= 0.3 is 6.09 Å². The minimum atomic E-state index is -0.597. The van der Waals surface area contributed by atoms with Crippen molar-refractivity contribution in [2.75, 3.05) is 0 Å². The van der Waals surface area contributed by atoms with Gasteiger partial charge in [-0.25, -0.2) is 4.79 Å². The second-order valence-electron chi connectivity index (χ2n) is 4.67. The van der Waals surface area contributed by atoms with E-state index in [-0.39, 0.29) is 5.78 Å². The van der Waals surface area contributed by atoms with Crippen LogP contribution in [0.15, 0.2) is 25.3 Å². The summed E-state index contributed by atoms with van der Waals surface area (Å²) in [5.41, 5.74) is -0.579. The number of ether oxygens (including phenoxy) is 1. The Labute approximate surface area is 103 Å². The molecule has 0 saturated carbocycles. The molecule has 0 saturated heterocycles. The highest BCUT2D eigenvalue weighted by molar-refractivity contribution is 5.95. The molecule has 0 heterocycles. The minimum absolute atomic E-state index is 0.224. The third kappa shape index (κ3) is 7.33. The summed E-state index contributed by atoms with van der Waals surface area (Å²) in [4.78, 5) is 23.0. The van der Waals surface area contributed by atoms with Gasteiger partial charge in [0, 0.05) is 0 Å². The summed E-state index contributed by atoms with van der Waals surface area (Å²) >= 11 is 0. The summed E-state index contributed by atoms with van der Waals surface area (Å²) in [7, 11) is 0. The monoisotopic (exact) mass is 239 g/mol. The van der Waals surface area contributed by atoms with Crippen molar-refractivity contribution in [1.82, 2.24) is 5.32 Å². The summed E-state index contributed by atoms with van der Waals surface area (Å²) in [5, 5.41) is 2.53. The first-order valence-corrected chi connectivity index (χ1v) is 5.57. The molecule has 4 heteroatoms. The molecule has 0 fully saturated rings. The van der Waals surface area contributed by atoms with Crippen molar-refractivity contribution in [3.8, 4) is 0 Å². The van der Waals surface area contributed by atoms with E-state index in [0.29, 0.717) is 12.8 Å². The highest BCUT2D eigenvalue weighted by Crippen LogP contribution is 2.08. The Morgan fingerprint density at radius 2 is 1.94 bits per heavy atom. The van der Waals surface area contributed by atoms with Crippen LogP contribution in [0, 0.1) is 0 Å². The summed E-state index contributed by atoms with van der Waals surface area (Å²) in [6.07, 6.45) is 3.43. The second-order valence-corrected chi connectivity index (χ2v) is 4.67. The highest BCUT2D eigenvalue weighted by Gasteiger charge is 2.21. The fraction of sp³-hybridized carbons (Fsp3) is 0.538. The number of allylic oxidation sites excluding steroid dienone is 1. The Balaban J connectivity index is 4.42. The van der Waals surface area contributed by atoms with E-state index < -0.39 is 17.7 Å². The van der Waals surface area contributed by atoms with Crippen LogP contribution in [-0.4, -0.2) is 23.5 Å². The largest absolute Gasteiger partial charge is 0.444 e. The van der Waals surface area contributed by atoms with Crippen LogP contribution < -0.4 is 5.32 Å². The Kier molecular flexibility index (Phi) is 6.25. The lowest BCUT2D eigenvalue weighted by molar-refractivity contribution is -0.116. The van der Waals surface area contributed by atoms with E-state index in [9.17, 15) is 9.59 Å². The zero-order valence-electron chi connectivity index (χ0n) is 10.8. The lowest BCUT2D eigenvalue weighted by Crippen LogP contribution is -2.42. The summed E-state index contributed by atoms with van der Waals surface area (Å²) < 4.78 is 5.08. The van der Waals surface area contributed by atoms with E-state index in [1.807, 2.05) is 0 Å². The first-order chi connectivity index (χ1) is 7.80. The number of rotatable bonds is 6. The molecule has 0 bridgehead atoms. The maximum atomic E-state index is 11.5. The fourth-order valence-electron chi connectivity index (χ4n) is 1.16. The number of carbonyl (C=O) groups is 2. The van der Waals surface area contributed by atoms with Crippen molar-refractivity contribution in [1.29, 1.82) is 0 Å². The number of ketones is 1. The lowest BCUT2D eigenvalue weighted by Gasteiger charge is -2.22. The van der Waals surface area contributed by atoms with Crippen molar-refractivity contribution in [3.63, 3.8) is 0 Å². The van der Waals surface area contributed by atoms with Crippen LogP contribution in [0.2, 0.25) is 0 Å². The lowest BCUT2D eigenvalue weighted by atomic mass is 10.1. The van der Waals surface area contributed by atoms with Gasteiger partial charge in [-0.3, -0.25) is 4.79 Å². The average Bonchev–Trinajstić information content (AvgIpc) is 2.20. The predicted octanol–water partition coefficient (Wildman–Crippen LogP) is 2.60. The van der Waals surface area contributed by atoms with Gasteiger partial charge in [0.2, 0.25) is 0 Å². The zero-order valence-corrected chi connectivity index (χ0v) is 10.8. The van der Waals surface area contributed by atoms with Crippen LogP contribution in [0.5, 0.6) is 0 Å². The first kappa shape index (κ1) is 15.4. The SMILES string of the molecule is C=CCC[C@@H](NC(=O)OC(C)(C)C)C(=O)C=C. The van der Waals surface area contributed by atoms with E-state index >= 15 is 0 Å². The van der Waals surface area contributed by atoms with E-state index in [0.717, 1.165) is 0 Å². The van der Waals surface area contributed by atoms with Crippen molar-refractivity contribution in [2.45, 2.75) is 45.3 Å². The standard InChI is InChI=1S/C13H21NO3/c1-6-8-9-10(11(15)7-2)14-12(16)17-13(3,4)5/h6-7,10H,1-2,8-9H2,3-5H3,(H,14,16)/t10-/m1/s1. The number of nitrogens with one attached hydrogen (secondary N) is 1. The van der Waals surface area contributed by atoms with E-state index in [4.69, 9.17) is 4.74 Å². The number of carbonyl (C=O) groups excluding carboxylic acids is 2. The molecule has 0 aliphatic carbocycles. The van der Waals surface area contributed by atoms with Crippen LogP contribution in [0.1, 0.15) is 33.6 Å². The first-order valence-electron chi connectivity index (χ1n) is 5.57. The Morgan fingerprint density at radius 1 is 1.35 bits per heavy atom. The second kappa shape index (κ2) is 6.89. The summed E-state index contributed by atoms with van der Waals surface area (Å²) in [5.74, 6) is -0.224. The maximum Gasteiger partial charge on any atom is 0.408 e. The average molecular weight is 239 g/mol. The van der Waals surface area contributed by atoms with Crippen LogP contribution in [-0.2, 0) is 9.53 Å². The van der Waals surface area contributed by atoms with Crippen molar-refractivity contribution in [2.24, 2.45) is 0 Å². The van der Waals surface area contributed by atoms with Gasteiger partial charge in [-0.2, -0.15) is 0 Å². The van der Waals surface area contributed by atoms with Gasteiger partial charge in [-0.15, -0.1) is 6.58 Å². The predicted molar refractivity (Wildman–Crippen MR) is 67.8 cm³/mol. The van der Waals surface area contributed by atoms with Crippen LogP contribution in [0.4, 0.5) is 4.79 Å². The number of hydrogen-bond donors (Lipinski definition) is 1. The molecule has 0 rings (SSSR count). The third-order valence-electron chi connectivity index (χ3n) is 1.90. The topological polar surface area (TPSA) is 55.4 Å². The van der Waals surface area contributed by atoms with Crippen molar-refractivity contribution in [3.05, 3.63) is 25.3 Å². The quantitative estimate of drug-likeness (QED) is 0.572. The molecule has 0 unspecified atom stereocenters. The molecule has 0 aromatic heterocycles. The van der Waals surface area contributed by atoms with Crippen molar-refractivity contribution < 1.29 is 14.3 Å². The molecular formula is C13H21NO3. The number of alkyl carbamates (subject to hydrolysis) is 1. The molecule has 1 amide bonds. The van der Waals surface area contributed by atoms with Gasteiger partial charge < -0.3 is 10.1 Å². The molecule has 4 nitrogen and oxygen atoms in total. The van der Waals surface area contributed by atoms with Gasteiger partial charge in [0.1, 0.15) is 5.60 Å². The molecule has 0 radical (unpaired) electrons. The number of amides is 1. The van der Waals surface area contributed by atoms with Gasteiger partial charge in [0.25, 0.3) is 0 Å². The molecule has 0 aromatic carbocycles. The Hall–Kier alpha value is -1.58. The molecule has 0 spiro atoms. The Bertz CT molecular complexity index is 302. The Morgan fingerprint density at radius 3 is 2.35 bits per heavy atom. The van der Waals surface area contributed by atoms with Crippen LogP contribution in [0.25, 0.3) is 0 Å². The van der Waals surface area contributed by atoms with E-state index in [1.165, 1.54) is 6.08 Å². The molecule has 96 valence electrons. The van der Waals surface area contributed by atoms with E-state index in [2.05, 4.69) is 18.5 Å². The molecule has 17 heavy (non-hydrogen) atoms. The minimum Gasteiger partial charge on any atom is -0.444 e. The highest BCUT2D eigenvalue weighted by atomic mass is 16.6. The molecule has 0 aliphatic heterocycles. The molecule has 1 N–H and O–H groups in total. The molecule has 0 aromatic rings. The third-order valence-corrected chi connectivity index (χ3v) is 1.90. The molecule has 1 atom stereocenters. The molecule has 0 aliphatic rings. The summed E-state index contributed by atoms with van der Waals surface area (Å²) in [6.45, 7) is 12.3. The van der Waals surface area contributed by atoms with Crippen LogP contribution in [0.3, 0.4) is 0 Å². The number of hydrogen-bond acceptors (Lipinski definition) is 3. The molecular weight excluding hydrogens is 218 g/mol. The smallest absolute Gasteiger partial charge is 0.408 e. The van der Waals surface area contributed by atoms with Gasteiger partial charge in [-0.1, -0.05) is 12.7 Å². The fourth-order valence-corrected chi connectivity index (χ4v) is 1.16. The summed E-state index contributed by atoms with van der Waals surface area (Å²) in [6, 6.07) is -0.597.